The van der Waals surface area contributed by atoms with E-state index in [0.29, 0.717) is 4.47 Å². The second-order valence-electron chi connectivity index (χ2n) is 4.05. The largest absolute Gasteiger partial charge is 0.304 e. The topological polar surface area (TPSA) is 114 Å². The highest BCUT2D eigenvalue weighted by atomic mass is 79.9. The summed E-state index contributed by atoms with van der Waals surface area (Å²) < 4.78 is 1.79. The number of nitrogens with zero attached hydrogens (tertiary/aromatic N) is 4. The van der Waals surface area contributed by atoms with Crippen LogP contribution in [0.15, 0.2) is 28.9 Å². The van der Waals surface area contributed by atoms with Crippen molar-refractivity contribution in [3.63, 3.8) is 0 Å². The molecule has 9 heteroatoms. The predicted octanol–water partition coefficient (Wildman–Crippen LogP) is 2.21. The Bertz CT molecular complexity index is 778. The standard InChI is InChI=1S/C12H8BrN5O3/c1-17-6-7(5-14)11(16-17)15-12(19)9-4-8(18(20)21)2-3-10(9)13/h2-4,6H,1H3,(H,15,16,19). The first-order valence-electron chi connectivity index (χ1n) is 5.61. The second-order valence-corrected chi connectivity index (χ2v) is 4.91. The van der Waals surface area contributed by atoms with Gasteiger partial charge in [-0.2, -0.15) is 10.4 Å². The lowest BCUT2D eigenvalue weighted by atomic mass is 10.2. The number of non-ortho nitro benzene ring substituents is 1. The SMILES string of the molecule is Cn1cc(C#N)c(NC(=O)c2cc([N+](=O)[O-])ccc2Br)n1. The smallest absolute Gasteiger partial charge is 0.270 e. The summed E-state index contributed by atoms with van der Waals surface area (Å²) >= 11 is 3.16. The molecule has 21 heavy (non-hydrogen) atoms. The van der Waals surface area contributed by atoms with Crippen LogP contribution in [-0.2, 0) is 7.05 Å². The van der Waals surface area contributed by atoms with Crippen molar-refractivity contribution in [1.82, 2.24) is 9.78 Å². The summed E-state index contributed by atoms with van der Waals surface area (Å²) in [4.78, 5) is 22.3. The Morgan fingerprint density at radius 1 is 1.57 bits per heavy atom. The van der Waals surface area contributed by atoms with E-state index in [-0.39, 0.29) is 22.6 Å². The van der Waals surface area contributed by atoms with Gasteiger partial charge in [0, 0.05) is 29.8 Å². The fraction of sp³-hybridized carbons (Fsp3) is 0.0833. The van der Waals surface area contributed by atoms with Gasteiger partial charge in [-0.3, -0.25) is 19.6 Å². The maximum absolute atomic E-state index is 12.2. The third kappa shape index (κ3) is 3.06. The molecule has 2 rings (SSSR count). The van der Waals surface area contributed by atoms with E-state index in [4.69, 9.17) is 5.26 Å². The molecule has 1 aromatic heterocycles. The summed E-state index contributed by atoms with van der Waals surface area (Å²) in [6.45, 7) is 0. The number of hydrogen-bond donors (Lipinski definition) is 1. The highest BCUT2D eigenvalue weighted by Crippen LogP contribution is 2.23. The van der Waals surface area contributed by atoms with E-state index in [9.17, 15) is 14.9 Å². The maximum atomic E-state index is 12.2. The third-order valence-corrected chi connectivity index (χ3v) is 3.28. The fourth-order valence-electron chi connectivity index (χ4n) is 1.64. The number of aryl methyl sites for hydroxylation is 1. The first kappa shape index (κ1) is 14.7. The molecule has 0 aliphatic carbocycles. The first-order valence-corrected chi connectivity index (χ1v) is 6.40. The Balaban J connectivity index is 2.34. The molecule has 1 heterocycles. The zero-order valence-corrected chi connectivity index (χ0v) is 12.3. The normalized spacial score (nSPS) is 9.95. The number of rotatable bonds is 3. The zero-order chi connectivity index (χ0) is 15.6. The Morgan fingerprint density at radius 2 is 2.29 bits per heavy atom. The van der Waals surface area contributed by atoms with Gasteiger partial charge in [-0.1, -0.05) is 0 Å². The molecule has 0 atom stereocenters. The Kier molecular flexibility index (Phi) is 4.00. The summed E-state index contributed by atoms with van der Waals surface area (Å²) in [5.74, 6) is -0.496. The van der Waals surface area contributed by atoms with E-state index in [1.54, 1.807) is 7.05 Å². The van der Waals surface area contributed by atoms with Crippen LogP contribution in [0.4, 0.5) is 11.5 Å². The Morgan fingerprint density at radius 3 is 2.90 bits per heavy atom. The quantitative estimate of drug-likeness (QED) is 0.673. The number of amides is 1. The summed E-state index contributed by atoms with van der Waals surface area (Å²) in [6.07, 6.45) is 1.46. The van der Waals surface area contributed by atoms with Crippen molar-refractivity contribution >= 4 is 33.3 Å². The highest BCUT2D eigenvalue weighted by Gasteiger charge is 2.18. The summed E-state index contributed by atoms with van der Waals surface area (Å²) in [7, 11) is 1.61. The molecule has 0 aliphatic rings. The van der Waals surface area contributed by atoms with Gasteiger partial charge in [0.05, 0.1) is 10.5 Å². The summed E-state index contributed by atoms with van der Waals surface area (Å²) in [5, 5.41) is 26.1. The van der Waals surface area contributed by atoms with Crippen molar-refractivity contribution in [3.8, 4) is 6.07 Å². The molecule has 106 valence electrons. The van der Waals surface area contributed by atoms with E-state index in [1.165, 1.54) is 23.0 Å². The van der Waals surface area contributed by atoms with Gasteiger partial charge in [0.1, 0.15) is 11.6 Å². The van der Waals surface area contributed by atoms with E-state index < -0.39 is 10.8 Å². The lowest BCUT2D eigenvalue weighted by Crippen LogP contribution is -2.14. The van der Waals surface area contributed by atoms with Gasteiger partial charge in [-0.05, 0) is 22.0 Å². The van der Waals surface area contributed by atoms with Crippen LogP contribution in [-0.4, -0.2) is 20.6 Å². The number of carbonyl (C=O) groups excluding carboxylic acids is 1. The molecule has 0 aliphatic heterocycles. The number of aromatic nitrogens is 2. The van der Waals surface area contributed by atoms with Crippen LogP contribution in [0.5, 0.6) is 0 Å². The van der Waals surface area contributed by atoms with Gasteiger partial charge in [-0.25, -0.2) is 0 Å². The number of halogens is 1. The minimum atomic E-state index is -0.597. The van der Waals surface area contributed by atoms with Crippen LogP contribution in [0.25, 0.3) is 0 Å². The fourth-order valence-corrected chi connectivity index (χ4v) is 2.06. The highest BCUT2D eigenvalue weighted by molar-refractivity contribution is 9.10. The third-order valence-electron chi connectivity index (χ3n) is 2.59. The van der Waals surface area contributed by atoms with Crippen LogP contribution < -0.4 is 5.32 Å². The minimum absolute atomic E-state index is 0.0822. The molecule has 0 fully saturated rings. The maximum Gasteiger partial charge on any atom is 0.270 e. The van der Waals surface area contributed by atoms with Crippen molar-refractivity contribution in [2.75, 3.05) is 5.32 Å². The van der Waals surface area contributed by atoms with Crippen LogP contribution in [0.2, 0.25) is 0 Å². The second kappa shape index (κ2) is 5.72. The number of hydrogen-bond acceptors (Lipinski definition) is 5. The molecular weight excluding hydrogens is 342 g/mol. The van der Waals surface area contributed by atoms with Crippen LogP contribution in [0, 0.1) is 21.4 Å². The number of benzene rings is 1. The molecule has 2 aromatic rings. The van der Waals surface area contributed by atoms with E-state index in [2.05, 4.69) is 26.3 Å². The number of nitrogens with one attached hydrogen (secondary N) is 1. The predicted molar refractivity (Wildman–Crippen MR) is 76.7 cm³/mol. The number of nitro groups is 1. The summed E-state index contributed by atoms with van der Waals surface area (Å²) in [5.41, 5.74) is 0.0797. The van der Waals surface area contributed by atoms with Gasteiger partial charge in [-0.15, -0.1) is 0 Å². The van der Waals surface area contributed by atoms with E-state index in [0.717, 1.165) is 6.07 Å². The first-order chi connectivity index (χ1) is 9.92. The average Bonchev–Trinajstić information content (AvgIpc) is 2.78. The Hall–Kier alpha value is -2.73. The molecular formula is C12H8BrN5O3. The number of nitro benzene ring substituents is 1. The molecule has 8 nitrogen and oxygen atoms in total. The lowest BCUT2D eigenvalue weighted by Gasteiger charge is -2.05. The van der Waals surface area contributed by atoms with E-state index in [1.807, 2.05) is 6.07 Å². The molecule has 0 saturated carbocycles. The van der Waals surface area contributed by atoms with Gasteiger partial charge in [0.25, 0.3) is 11.6 Å². The molecule has 1 aromatic carbocycles. The van der Waals surface area contributed by atoms with Gasteiger partial charge in [0.15, 0.2) is 5.82 Å². The molecule has 0 radical (unpaired) electrons. The van der Waals surface area contributed by atoms with Crippen molar-refractivity contribution in [3.05, 3.63) is 50.1 Å². The van der Waals surface area contributed by atoms with Gasteiger partial charge >= 0.3 is 0 Å². The van der Waals surface area contributed by atoms with Crippen molar-refractivity contribution in [1.29, 1.82) is 5.26 Å². The molecule has 0 bridgehead atoms. The Labute approximate surface area is 127 Å². The van der Waals surface area contributed by atoms with Crippen molar-refractivity contribution in [2.45, 2.75) is 0 Å². The summed E-state index contributed by atoms with van der Waals surface area (Å²) in [6, 6.07) is 5.74. The van der Waals surface area contributed by atoms with Crippen molar-refractivity contribution < 1.29 is 9.72 Å². The van der Waals surface area contributed by atoms with E-state index >= 15 is 0 Å². The molecule has 0 unspecified atom stereocenters. The number of anilines is 1. The van der Waals surface area contributed by atoms with Crippen LogP contribution >= 0.6 is 15.9 Å². The average molecular weight is 350 g/mol. The zero-order valence-electron chi connectivity index (χ0n) is 10.7. The molecule has 0 spiro atoms. The number of carbonyl (C=O) groups is 1. The van der Waals surface area contributed by atoms with Gasteiger partial charge < -0.3 is 5.32 Å². The van der Waals surface area contributed by atoms with Gasteiger partial charge in [0.2, 0.25) is 0 Å². The monoisotopic (exact) mass is 349 g/mol. The van der Waals surface area contributed by atoms with Crippen molar-refractivity contribution in [2.24, 2.45) is 7.05 Å². The molecule has 0 saturated heterocycles. The van der Waals surface area contributed by atoms with Crippen LogP contribution in [0.1, 0.15) is 15.9 Å². The molecule has 1 amide bonds. The lowest BCUT2D eigenvalue weighted by molar-refractivity contribution is -0.384. The van der Waals surface area contributed by atoms with Crippen LogP contribution in [0.3, 0.4) is 0 Å². The minimum Gasteiger partial charge on any atom is -0.304 e. The number of nitriles is 1. The molecule has 1 N–H and O–H groups in total.